The van der Waals surface area contributed by atoms with E-state index in [4.69, 9.17) is 14.0 Å². The second-order valence-corrected chi connectivity index (χ2v) is 5.57. The van der Waals surface area contributed by atoms with Crippen molar-refractivity contribution in [2.75, 3.05) is 13.7 Å². The fraction of sp³-hybridized carbons (Fsp3) is 0.158. The molecule has 0 aliphatic carbocycles. The van der Waals surface area contributed by atoms with Crippen molar-refractivity contribution in [2.45, 2.75) is 6.61 Å². The number of aromatic nitrogens is 2. The molecule has 1 aromatic heterocycles. The van der Waals surface area contributed by atoms with Crippen LogP contribution in [0, 0.1) is 5.82 Å². The van der Waals surface area contributed by atoms with Crippen molar-refractivity contribution < 1.29 is 28.0 Å². The van der Waals surface area contributed by atoms with Crippen molar-refractivity contribution in [2.24, 2.45) is 0 Å². The minimum atomic E-state index is -0.731. The molecule has 0 unspecified atom stereocenters. The minimum absolute atomic E-state index is 0.0894. The van der Waals surface area contributed by atoms with Crippen molar-refractivity contribution in [1.82, 2.24) is 15.5 Å². The van der Waals surface area contributed by atoms with Crippen LogP contribution in [0.15, 0.2) is 53.1 Å². The Bertz CT molecular complexity index is 989. The van der Waals surface area contributed by atoms with Gasteiger partial charge in [-0.15, -0.1) is 0 Å². The molecule has 144 valence electrons. The van der Waals surface area contributed by atoms with Gasteiger partial charge in [0.15, 0.2) is 6.61 Å². The summed E-state index contributed by atoms with van der Waals surface area (Å²) in [5, 5.41) is 6.10. The van der Waals surface area contributed by atoms with Gasteiger partial charge in [0.05, 0.1) is 12.7 Å². The summed E-state index contributed by atoms with van der Waals surface area (Å²) < 4.78 is 28.7. The third-order valence-electron chi connectivity index (χ3n) is 3.66. The van der Waals surface area contributed by atoms with E-state index in [1.165, 1.54) is 18.2 Å². The van der Waals surface area contributed by atoms with Crippen LogP contribution in [0.1, 0.15) is 16.2 Å². The number of rotatable bonds is 7. The number of carbonyl (C=O) groups is 2. The maximum Gasteiger partial charge on any atom is 0.325 e. The first kappa shape index (κ1) is 19.0. The molecule has 0 atom stereocenters. The normalized spacial score (nSPS) is 10.4. The van der Waals surface area contributed by atoms with Crippen LogP contribution in [0.5, 0.6) is 5.75 Å². The molecule has 1 amide bonds. The molecule has 3 rings (SSSR count). The second-order valence-electron chi connectivity index (χ2n) is 5.57. The largest absolute Gasteiger partial charge is 0.497 e. The summed E-state index contributed by atoms with van der Waals surface area (Å²) in [4.78, 5) is 27.7. The SMILES string of the molecule is COc1cccc(-c2noc(COC(=O)CNC(=O)c3ccccc3F)n2)c1. The molecule has 28 heavy (non-hydrogen) atoms. The number of hydrogen-bond acceptors (Lipinski definition) is 7. The molecule has 0 spiro atoms. The maximum absolute atomic E-state index is 13.5. The number of nitrogens with zero attached hydrogens (tertiary/aromatic N) is 2. The molecule has 0 aliphatic rings. The standard InChI is InChI=1S/C19H16FN3O5/c1-26-13-6-4-5-12(9-13)18-22-16(28-23-18)11-27-17(24)10-21-19(25)14-7-2-3-8-15(14)20/h2-9H,10-11H2,1H3,(H,21,25). The highest BCUT2D eigenvalue weighted by atomic mass is 19.1. The summed E-state index contributed by atoms with van der Waals surface area (Å²) in [5.74, 6) is -1.08. The monoisotopic (exact) mass is 385 g/mol. The van der Waals surface area contributed by atoms with Gasteiger partial charge in [-0.3, -0.25) is 9.59 Å². The topological polar surface area (TPSA) is 104 Å². The van der Waals surface area contributed by atoms with Crippen LogP contribution in [0.25, 0.3) is 11.4 Å². The van der Waals surface area contributed by atoms with Gasteiger partial charge in [0, 0.05) is 5.56 Å². The van der Waals surface area contributed by atoms with E-state index in [0.717, 1.165) is 6.07 Å². The molecule has 0 fully saturated rings. The molecule has 0 saturated heterocycles. The first-order chi connectivity index (χ1) is 13.6. The average Bonchev–Trinajstić information content (AvgIpc) is 3.20. The molecular formula is C19H16FN3O5. The number of benzene rings is 2. The molecule has 8 nitrogen and oxygen atoms in total. The lowest BCUT2D eigenvalue weighted by Crippen LogP contribution is -2.31. The Hall–Kier alpha value is -3.75. The number of halogens is 1. The number of ether oxygens (including phenoxy) is 2. The van der Waals surface area contributed by atoms with E-state index in [-0.39, 0.29) is 18.1 Å². The first-order valence-electron chi connectivity index (χ1n) is 8.22. The Labute approximate surface area is 159 Å². The molecule has 9 heteroatoms. The average molecular weight is 385 g/mol. The summed E-state index contributed by atoms with van der Waals surface area (Å²) in [7, 11) is 1.55. The van der Waals surface area contributed by atoms with Gasteiger partial charge in [-0.1, -0.05) is 29.4 Å². The number of esters is 1. The van der Waals surface area contributed by atoms with Crippen LogP contribution in [0.4, 0.5) is 4.39 Å². The molecule has 0 saturated carbocycles. The Kier molecular flexibility index (Phi) is 5.95. The van der Waals surface area contributed by atoms with E-state index in [1.807, 2.05) is 0 Å². The summed E-state index contributed by atoms with van der Waals surface area (Å²) in [6.07, 6.45) is 0. The van der Waals surface area contributed by atoms with Crippen molar-refractivity contribution >= 4 is 11.9 Å². The van der Waals surface area contributed by atoms with Gasteiger partial charge in [0.1, 0.15) is 18.1 Å². The molecule has 2 aromatic carbocycles. The smallest absolute Gasteiger partial charge is 0.325 e. The number of carbonyl (C=O) groups excluding carboxylic acids is 2. The van der Waals surface area contributed by atoms with Crippen molar-refractivity contribution in [3.8, 4) is 17.1 Å². The fourth-order valence-corrected chi connectivity index (χ4v) is 2.28. The lowest BCUT2D eigenvalue weighted by molar-refractivity contribution is -0.144. The summed E-state index contributed by atoms with van der Waals surface area (Å²) >= 11 is 0. The zero-order valence-electron chi connectivity index (χ0n) is 14.8. The quantitative estimate of drug-likeness (QED) is 0.623. The Morgan fingerprint density at radius 1 is 1.18 bits per heavy atom. The third kappa shape index (κ3) is 4.70. The van der Waals surface area contributed by atoms with Gasteiger partial charge >= 0.3 is 5.97 Å². The predicted octanol–water partition coefficient (Wildman–Crippen LogP) is 2.36. The summed E-state index contributed by atoms with van der Waals surface area (Å²) in [6.45, 7) is -0.685. The third-order valence-corrected chi connectivity index (χ3v) is 3.66. The highest BCUT2D eigenvalue weighted by molar-refractivity contribution is 5.96. The van der Waals surface area contributed by atoms with Crippen LogP contribution >= 0.6 is 0 Å². The molecule has 0 aliphatic heterocycles. The molecular weight excluding hydrogens is 369 g/mol. The van der Waals surface area contributed by atoms with E-state index >= 15 is 0 Å². The van der Waals surface area contributed by atoms with E-state index < -0.39 is 24.2 Å². The highest BCUT2D eigenvalue weighted by Crippen LogP contribution is 2.21. The molecule has 1 N–H and O–H groups in total. The first-order valence-corrected chi connectivity index (χ1v) is 8.22. The van der Waals surface area contributed by atoms with E-state index in [9.17, 15) is 14.0 Å². The van der Waals surface area contributed by atoms with E-state index in [0.29, 0.717) is 17.1 Å². The number of hydrogen-bond donors (Lipinski definition) is 1. The number of nitrogens with one attached hydrogen (secondary N) is 1. The summed E-state index contributed by atoms with van der Waals surface area (Å²) in [5.41, 5.74) is 0.521. The van der Waals surface area contributed by atoms with Crippen LogP contribution in [-0.2, 0) is 16.1 Å². The molecule has 0 radical (unpaired) electrons. The molecule has 0 bridgehead atoms. The Morgan fingerprint density at radius 3 is 2.79 bits per heavy atom. The van der Waals surface area contributed by atoms with E-state index in [1.54, 1.807) is 31.4 Å². The van der Waals surface area contributed by atoms with Gasteiger partial charge in [0.2, 0.25) is 5.82 Å². The fourth-order valence-electron chi connectivity index (χ4n) is 2.28. The lowest BCUT2D eigenvalue weighted by atomic mass is 10.2. The Balaban J connectivity index is 1.50. The van der Waals surface area contributed by atoms with Crippen molar-refractivity contribution in [3.05, 3.63) is 65.8 Å². The van der Waals surface area contributed by atoms with Gasteiger partial charge in [0.25, 0.3) is 11.8 Å². The van der Waals surface area contributed by atoms with Gasteiger partial charge in [-0.05, 0) is 24.3 Å². The molecule has 1 heterocycles. The zero-order chi connectivity index (χ0) is 19.9. The van der Waals surface area contributed by atoms with Crippen LogP contribution in [0.2, 0.25) is 0 Å². The van der Waals surface area contributed by atoms with Crippen LogP contribution < -0.4 is 10.1 Å². The molecule has 3 aromatic rings. The van der Waals surface area contributed by atoms with Gasteiger partial charge in [-0.25, -0.2) is 4.39 Å². The number of amides is 1. The van der Waals surface area contributed by atoms with Gasteiger partial charge < -0.3 is 19.3 Å². The van der Waals surface area contributed by atoms with Crippen molar-refractivity contribution in [3.63, 3.8) is 0 Å². The zero-order valence-corrected chi connectivity index (χ0v) is 14.8. The number of methoxy groups -OCH3 is 1. The van der Waals surface area contributed by atoms with E-state index in [2.05, 4.69) is 15.5 Å². The van der Waals surface area contributed by atoms with Crippen LogP contribution in [-0.4, -0.2) is 35.7 Å². The Morgan fingerprint density at radius 2 is 2.00 bits per heavy atom. The van der Waals surface area contributed by atoms with Gasteiger partial charge in [-0.2, -0.15) is 4.98 Å². The predicted molar refractivity (Wildman–Crippen MR) is 94.8 cm³/mol. The van der Waals surface area contributed by atoms with Crippen LogP contribution in [0.3, 0.4) is 0 Å². The second kappa shape index (κ2) is 8.76. The lowest BCUT2D eigenvalue weighted by Gasteiger charge is -2.05. The van der Waals surface area contributed by atoms with Crippen molar-refractivity contribution in [1.29, 1.82) is 0 Å². The maximum atomic E-state index is 13.5. The highest BCUT2D eigenvalue weighted by Gasteiger charge is 2.14. The minimum Gasteiger partial charge on any atom is -0.497 e. The summed E-state index contributed by atoms with van der Waals surface area (Å²) in [6, 6.07) is 12.5.